The van der Waals surface area contributed by atoms with Crippen molar-refractivity contribution in [2.75, 3.05) is 4.72 Å². The number of nitrogens with zero attached hydrogens (tertiary/aromatic N) is 1. The Morgan fingerprint density at radius 1 is 1.37 bits per heavy atom. The number of anilines is 1. The summed E-state index contributed by atoms with van der Waals surface area (Å²) in [6.45, 7) is 1.83. The molecule has 0 radical (unpaired) electrons. The zero-order chi connectivity index (χ0) is 14.0. The van der Waals surface area contributed by atoms with Crippen LogP contribution in [0, 0.1) is 6.92 Å². The van der Waals surface area contributed by atoms with Gasteiger partial charge in [0.15, 0.2) is 0 Å². The Balaban J connectivity index is 2.23. The van der Waals surface area contributed by atoms with Crippen molar-refractivity contribution < 1.29 is 17.4 Å². The smallest absolute Gasteiger partial charge is 0.298 e. The maximum Gasteiger partial charge on any atom is 0.490 e. The summed E-state index contributed by atoms with van der Waals surface area (Å²) in [6, 6.07) is 6.23. The van der Waals surface area contributed by atoms with Crippen molar-refractivity contribution >= 4 is 28.0 Å². The number of hydrogen-bond donors (Lipinski definition) is 1. The summed E-state index contributed by atoms with van der Waals surface area (Å²) in [5.41, 5.74) is -3.12. The molecule has 1 unspecified atom stereocenters. The van der Waals surface area contributed by atoms with E-state index in [1.807, 2.05) is 17.0 Å². The van der Waals surface area contributed by atoms with Gasteiger partial charge in [0, 0.05) is 22.3 Å². The highest BCUT2D eigenvalue weighted by molar-refractivity contribution is 7.87. The molecule has 1 atom stereocenters. The Hall–Kier alpha value is -1.41. The number of hydrogen-bond acceptors (Lipinski definition) is 3. The van der Waals surface area contributed by atoms with Crippen LogP contribution >= 0.6 is 11.3 Å². The summed E-state index contributed by atoms with van der Waals surface area (Å²) < 4.78 is 49.4. The van der Waals surface area contributed by atoms with Crippen LogP contribution in [-0.4, -0.2) is 14.7 Å². The quantitative estimate of drug-likeness (QED) is 0.939. The number of alkyl halides is 3. The molecule has 1 N–H and O–H groups in total. The van der Waals surface area contributed by atoms with E-state index in [1.54, 1.807) is 12.1 Å². The molecule has 0 saturated heterocycles. The van der Waals surface area contributed by atoms with Crippen LogP contribution in [-0.2, 0) is 11.0 Å². The van der Waals surface area contributed by atoms with Gasteiger partial charge in [-0.15, -0.1) is 11.3 Å². The second kappa shape index (κ2) is 5.30. The summed E-state index contributed by atoms with van der Waals surface area (Å²) in [7, 11) is -3.11. The normalized spacial score (nSPS) is 13.3. The highest BCUT2D eigenvalue weighted by Crippen LogP contribution is 2.27. The molecule has 1 heterocycles. The first-order valence-corrected chi connectivity index (χ1v) is 7.17. The van der Waals surface area contributed by atoms with E-state index in [9.17, 15) is 17.4 Å². The first kappa shape index (κ1) is 14.0. The van der Waals surface area contributed by atoms with Crippen molar-refractivity contribution in [3.63, 3.8) is 0 Å². The van der Waals surface area contributed by atoms with E-state index in [-0.39, 0.29) is 5.69 Å². The molecular weight excluding hydrogens is 297 g/mol. The second-order valence-corrected chi connectivity index (χ2v) is 5.75. The van der Waals surface area contributed by atoms with Gasteiger partial charge in [0.05, 0.1) is 0 Å². The number of nitrogens with one attached hydrogen (secondary N) is 1. The molecule has 2 aromatic rings. The van der Waals surface area contributed by atoms with Crippen molar-refractivity contribution in [1.82, 2.24) is 4.98 Å². The summed E-state index contributed by atoms with van der Waals surface area (Å²) in [5.74, 6) is 0. The first-order chi connectivity index (χ1) is 8.86. The summed E-state index contributed by atoms with van der Waals surface area (Å²) >= 11 is 1.40. The zero-order valence-corrected chi connectivity index (χ0v) is 11.3. The Morgan fingerprint density at radius 2 is 2.11 bits per heavy atom. The van der Waals surface area contributed by atoms with Gasteiger partial charge in [-0.1, -0.05) is 12.1 Å². The van der Waals surface area contributed by atoms with Gasteiger partial charge in [-0.3, -0.25) is 4.72 Å². The maximum atomic E-state index is 12.2. The van der Waals surface area contributed by atoms with Gasteiger partial charge in [0.25, 0.3) is 0 Å². The van der Waals surface area contributed by atoms with Crippen molar-refractivity contribution in [3.05, 3.63) is 35.3 Å². The van der Waals surface area contributed by atoms with E-state index >= 15 is 0 Å². The third-order valence-corrected chi connectivity index (χ3v) is 4.00. The highest BCUT2D eigenvalue weighted by atomic mass is 32.2. The zero-order valence-electron chi connectivity index (χ0n) is 9.69. The number of thiazole rings is 1. The minimum absolute atomic E-state index is 0.140. The minimum atomic E-state index is -4.78. The predicted molar refractivity (Wildman–Crippen MR) is 70.1 cm³/mol. The molecule has 0 saturated carbocycles. The molecule has 0 spiro atoms. The molecular formula is C11H9F3N2OS2. The second-order valence-electron chi connectivity index (χ2n) is 3.69. The monoisotopic (exact) mass is 306 g/mol. The number of aromatic nitrogens is 1. The molecule has 19 heavy (non-hydrogen) atoms. The fraction of sp³-hybridized carbons (Fsp3) is 0.182. The van der Waals surface area contributed by atoms with Gasteiger partial charge in [-0.25, -0.2) is 9.19 Å². The van der Waals surface area contributed by atoms with Crippen LogP contribution in [0.15, 0.2) is 29.6 Å². The van der Waals surface area contributed by atoms with E-state index in [2.05, 4.69) is 4.98 Å². The number of rotatable bonds is 3. The van der Waals surface area contributed by atoms with E-state index in [1.165, 1.54) is 23.5 Å². The molecule has 0 aliphatic heterocycles. The van der Waals surface area contributed by atoms with E-state index in [0.717, 1.165) is 5.69 Å². The van der Waals surface area contributed by atoms with Crippen LogP contribution in [0.25, 0.3) is 10.6 Å². The Labute approximate surface area is 114 Å². The van der Waals surface area contributed by atoms with Crippen LogP contribution in [0.5, 0.6) is 0 Å². The molecule has 0 amide bonds. The van der Waals surface area contributed by atoms with Gasteiger partial charge >= 0.3 is 5.51 Å². The van der Waals surface area contributed by atoms with Crippen molar-refractivity contribution in [2.45, 2.75) is 12.4 Å². The molecule has 1 aromatic carbocycles. The summed E-state index contributed by atoms with van der Waals surface area (Å²) in [5, 5.41) is 2.56. The van der Waals surface area contributed by atoms with Crippen LogP contribution in [0.3, 0.4) is 0 Å². The molecule has 102 valence electrons. The number of benzene rings is 1. The number of aryl methyl sites for hydroxylation is 1. The molecule has 0 bridgehead atoms. The fourth-order valence-corrected chi connectivity index (χ4v) is 2.62. The van der Waals surface area contributed by atoms with Crippen molar-refractivity contribution in [3.8, 4) is 10.6 Å². The van der Waals surface area contributed by atoms with E-state index in [0.29, 0.717) is 10.6 Å². The molecule has 0 aliphatic rings. The fourth-order valence-electron chi connectivity index (χ4n) is 1.37. The predicted octanol–water partition coefficient (Wildman–Crippen LogP) is 3.71. The van der Waals surface area contributed by atoms with Crippen LogP contribution in [0.1, 0.15) is 5.69 Å². The Kier molecular flexibility index (Phi) is 3.91. The van der Waals surface area contributed by atoms with Gasteiger partial charge < -0.3 is 0 Å². The molecule has 0 fully saturated rings. The minimum Gasteiger partial charge on any atom is -0.298 e. The first-order valence-electron chi connectivity index (χ1n) is 5.14. The van der Waals surface area contributed by atoms with E-state index < -0.39 is 16.5 Å². The van der Waals surface area contributed by atoms with Crippen LogP contribution in [0.2, 0.25) is 0 Å². The molecule has 1 aromatic heterocycles. The largest absolute Gasteiger partial charge is 0.490 e. The van der Waals surface area contributed by atoms with Gasteiger partial charge in [-0.2, -0.15) is 13.2 Å². The summed E-state index contributed by atoms with van der Waals surface area (Å²) in [6.07, 6.45) is 0. The lowest BCUT2D eigenvalue weighted by molar-refractivity contribution is -0.0379. The lowest BCUT2D eigenvalue weighted by Gasteiger charge is -2.09. The van der Waals surface area contributed by atoms with Crippen molar-refractivity contribution in [1.29, 1.82) is 0 Å². The van der Waals surface area contributed by atoms with E-state index in [4.69, 9.17) is 0 Å². The average molecular weight is 306 g/mol. The third-order valence-electron chi connectivity index (χ3n) is 2.15. The highest BCUT2D eigenvalue weighted by Gasteiger charge is 2.37. The number of halogens is 3. The van der Waals surface area contributed by atoms with Gasteiger partial charge in [-0.05, 0) is 19.1 Å². The topological polar surface area (TPSA) is 42.0 Å². The van der Waals surface area contributed by atoms with Gasteiger partial charge in [0.1, 0.15) is 5.01 Å². The lowest BCUT2D eigenvalue weighted by Crippen LogP contribution is -2.22. The van der Waals surface area contributed by atoms with Gasteiger partial charge in [0.2, 0.25) is 11.0 Å². The van der Waals surface area contributed by atoms with Crippen LogP contribution in [0.4, 0.5) is 18.9 Å². The molecule has 8 heteroatoms. The molecule has 3 nitrogen and oxygen atoms in total. The Bertz CT molecular complexity index is 610. The molecule has 0 aliphatic carbocycles. The lowest BCUT2D eigenvalue weighted by atomic mass is 10.2. The average Bonchev–Trinajstić information content (AvgIpc) is 2.75. The van der Waals surface area contributed by atoms with Crippen molar-refractivity contribution in [2.24, 2.45) is 0 Å². The van der Waals surface area contributed by atoms with Crippen LogP contribution < -0.4 is 4.72 Å². The summed E-state index contributed by atoms with van der Waals surface area (Å²) in [4.78, 5) is 4.24. The SMILES string of the molecule is Cc1csc(-c2cccc(NS(=O)C(F)(F)F)c2)n1. The third kappa shape index (κ3) is 3.54. The standard InChI is InChI=1S/C11H9F3N2OS2/c1-7-6-18-10(15-7)8-3-2-4-9(5-8)16-19(17)11(12,13)14/h2-6,16H,1H3. The Morgan fingerprint density at radius 3 is 2.68 bits per heavy atom. The maximum absolute atomic E-state index is 12.2. The molecule has 2 rings (SSSR count).